The van der Waals surface area contributed by atoms with Gasteiger partial charge in [-0.15, -0.1) is 0 Å². The minimum atomic E-state index is 0.459. The van der Waals surface area contributed by atoms with Crippen LogP contribution < -0.4 is 5.90 Å². The van der Waals surface area contributed by atoms with Crippen LogP contribution in [0, 0.1) is 0 Å². The van der Waals surface area contributed by atoms with Gasteiger partial charge in [0.05, 0.1) is 12.9 Å². The van der Waals surface area contributed by atoms with Crippen LogP contribution in [-0.2, 0) is 4.84 Å². The van der Waals surface area contributed by atoms with E-state index in [1.807, 2.05) is 7.05 Å². The number of nitrogens with two attached hydrogens (primary N) is 1. The number of nitrogens with zero attached hydrogens (tertiary/aromatic N) is 1. The van der Waals surface area contributed by atoms with E-state index in [9.17, 15) is 0 Å². The van der Waals surface area contributed by atoms with Crippen LogP contribution in [0.3, 0.4) is 0 Å². The van der Waals surface area contributed by atoms with E-state index in [0.29, 0.717) is 13.2 Å². The quantitative estimate of drug-likeness (QED) is 0.412. The van der Waals surface area contributed by atoms with E-state index in [4.69, 9.17) is 11.0 Å². The molecule has 0 aliphatic carbocycles. The largest absolute Gasteiger partial charge is 0.514 e. The van der Waals surface area contributed by atoms with Crippen LogP contribution in [0.5, 0.6) is 0 Å². The summed E-state index contributed by atoms with van der Waals surface area (Å²) in [4.78, 5) is 6.06. The lowest BCUT2D eigenvalue weighted by molar-refractivity contribution is 0.124. The molecule has 0 atom stereocenters. The molecule has 0 aromatic heterocycles. The molecule has 0 unspecified atom stereocenters. The first kappa shape index (κ1) is 8.26. The molecule has 0 fully saturated rings. The lowest BCUT2D eigenvalue weighted by atomic mass is 10.6. The Bertz CT molecular complexity index is 85.0. The van der Waals surface area contributed by atoms with Crippen molar-refractivity contribution in [2.45, 2.75) is 0 Å². The Balaban J connectivity index is 3.15. The van der Waals surface area contributed by atoms with Gasteiger partial charge in [-0.3, -0.25) is 0 Å². The fraction of sp³-hybridized carbons (Fsp3) is 0.600. The van der Waals surface area contributed by atoms with E-state index in [2.05, 4.69) is 4.84 Å². The van der Waals surface area contributed by atoms with Crippen LogP contribution >= 0.6 is 0 Å². The molecular formula is C5H12N2O2. The minimum absolute atomic E-state index is 0.459. The maximum absolute atomic E-state index is 8.24. The predicted octanol–water partition coefficient (Wildman–Crippen LogP) is -0.162. The summed E-state index contributed by atoms with van der Waals surface area (Å²) in [5, 5.41) is 8.24. The van der Waals surface area contributed by atoms with Crippen molar-refractivity contribution >= 4 is 0 Å². The Morgan fingerprint density at radius 1 is 1.78 bits per heavy atom. The highest BCUT2D eigenvalue weighted by Crippen LogP contribution is 1.80. The monoisotopic (exact) mass is 132 g/mol. The zero-order chi connectivity index (χ0) is 7.11. The maximum atomic E-state index is 8.24. The first-order chi connectivity index (χ1) is 4.31. The summed E-state index contributed by atoms with van der Waals surface area (Å²) in [6, 6.07) is 0. The van der Waals surface area contributed by atoms with Gasteiger partial charge in [-0.2, -0.15) is 0 Å². The van der Waals surface area contributed by atoms with Gasteiger partial charge < -0.3 is 14.8 Å². The molecule has 0 spiro atoms. The summed E-state index contributed by atoms with van der Waals surface area (Å²) >= 11 is 0. The normalized spacial score (nSPS) is 10.4. The Kier molecular flexibility index (Phi) is 4.95. The molecule has 54 valence electrons. The zero-order valence-electron chi connectivity index (χ0n) is 5.45. The molecule has 9 heavy (non-hydrogen) atoms. The van der Waals surface area contributed by atoms with Crippen LogP contribution in [0.25, 0.3) is 0 Å². The highest BCUT2D eigenvalue weighted by atomic mass is 16.6. The highest BCUT2D eigenvalue weighted by molar-refractivity contribution is 4.69. The lowest BCUT2D eigenvalue weighted by Gasteiger charge is -2.10. The second-order valence-electron chi connectivity index (χ2n) is 1.65. The van der Waals surface area contributed by atoms with Crippen LogP contribution in [0.2, 0.25) is 0 Å². The maximum Gasteiger partial charge on any atom is 0.0950 e. The third-order valence-corrected chi connectivity index (χ3v) is 0.883. The van der Waals surface area contributed by atoms with Crippen molar-refractivity contribution in [1.29, 1.82) is 0 Å². The van der Waals surface area contributed by atoms with Gasteiger partial charge in [0.15, 0.2) is 0 Å². The van der Waals surface area contributed by atoms with Gasteiger partial charge in [0, 0.05) is 19.8 Å². The van der Waals surface area contributed by atoms with E-state index in [-0.39, 0.29) is 0 Å². The average molecular weight is 132 g/mol. The molecule has 0 rings (SSSR count). The molecule has 0 aliphatic heterocycles. The first-order valence-electron chi connectivity index (χ1n) is 2.64. The molecule has 0 radical (unpaired) electrons. The van der Waals surface area contributed by atoms with Crippen LogP contribution in [0.1, 0.15) is 0 Å². The van der Waals surface area contributed by atoms with Crippen molar-refractivity contribution in [2.75, 3.05) is 20.2 Å². The molecule has 0 saturated heterocycles. The topological polar surface area (TPSA) is 58.7 Å². The number of aliphatic hydroxyl groups excluding tert-OH is 1. The highest BCUT2D eigenvalue weighted by Gasteiger charge is 1.87. The standard InChI is InChI=1S/C5H12N2O2/c1-7(2-4-8)3-5-9-6/h2,4,8H,3,5-6H2,1H3/b4-2-. The molecule has 0 aromatic carbocycles. The SMILES string of the molecule is CN(/C=C\O)CCON. The molecule has 0 saturated carbocycles. The number of rotatable bonds is 4. The Hall–Kier alpha value is -0.740. The molecule has 0 heterocycles. The number of hydrogen-bond acceptors (Lipinski definition) is 4. The average Bonchev–Trinajstić information content (AvgIpc) is 1.85. The molecule has 4 nitrogen and oxygen atoms in total. The van der Waals surface area contributed by atoms with Gasteiger partial charge >= 0.3 is 0 Å². The smallest absolute Gasteiger partial charge is 0.0950 e. The van der Waals surface area contributed by atoms with Crippen molar-refractivity contribution in [3.05, 3.63) is 12.5 Å². The van der Waals surface area contributed by atoms with Gasteiger partial charge in [-0.25, -0.2) is 5.90 Å². The first-order valence-corrected chi connectivity index (χ1v) is 2.64. The summed E-state index contributed by atoms with van der Waals surface area (Å²) < 4.78 is 0. The Morgan fingerprint density at radius 2 is 2.44 bits per heavy atom. The van der Waals surface area contributed by atoms with Crippen LogP contribution in [-0.4, -0.2) is 30.2 Å². The predicted molar refractivity (Wildman–Crippen MR) is 34.5 cm³/mol. The number of hydrogen-bond donors (Lipinski definition) is 2. The molecule has 3 N–H and O–H groups in total. The summed E-state index contributed by atoms with van der Waals surface area (Å²) in [5.74, 6) is 4.76. The second kappa shape index (κ2) is 5.40. The molecule has 0 amide bonds. The zero-order valence-corrected chi connectivity index (χ0v) is 5.45. The summed E-state index contributed by atoms with van der Waals surface area (Å²) in [5.41, 5.74) is 0. The van der Waals surface area contributed by atoms with Crippen molar-refractivity contribution in [2.24, 2.45) is 5.90 Å². The van der Waals surface area contributed by atoms with E-state index in [1.165, 1.54) is 6.20 Å². The van der Waals surface area contributed by atoms with E-state index >= 15 is 0 Å². The minimum Gasteiger partial charge on any atom is -0.514 e. The number of aliphatic hydroxyl groups is 1. The Labute approximate surface area is 54.5 Å². The third-order valence-electron chi connectivity index (χ3n) is 0.883. The van der Waals surface area contributed by atoms with Crippen LogP contribution in [0.15, 0.2) is 12.5 Å². The summed E-state index contributed by atoms with van der Waals surface area (Å²) in [7, 11) is 1.81. The lowest BCUT2D eigenvalue weighted by Crippen LogP contribution is -2.18. The van der Waals surface area contributed by atoms with E-state index < -0.39 is 0 Å². The van der Waals surface area contributed by atoms with Gasteiger partial charge in [0.2, 0.25) is 0 Å². The fourth-order valence-electron chi connectivity index (χ4n) is 0.385. The van der Waals surface area contributed by atoms with Crippen molar-refractivity contribution in [1.82, 2.24) is 4.90 Å². The van der Waals surface area contributed by atoms with Gasteiger partial charge in [0.25, 0.3) is 0 Å². The third kappa shape index (κ3) is 5.13. The van der Waals surface area contributed by atoms with E-state index in [1.54, 1.807) is 4.90 Å². The number of likely N-dealkylation sites (N-methyl/N-ethyl adjacent to an activating group) is 1. The molecule has 0 aliphatic rings. The summed E-state index contributed by atoms with van der Waals surface area (Å²) in [6.07, 6.45) is 2.50. The van der Waals surface area contributed by atoms with Gasteiger partial charge in [0.1, 0.15) is 0 Å². The van der Waals surface area contributed by atoms with Crippen molar-refractivity contribution in [3.8, 4) is 0 Å². The molecule has 0 bridgehead atoms. The summed E-state index contributed by atoms with van der Waals surface area (Å²) in [6.45, 7) is 1.13. The van der Waals surface area contributed by atoms with Gasteiger partial charge in [-0.1, -0.05) is 0 Å². The molecule has 0 aromatic rings. The van der Waals surface area contributed by atoms with Crippen LogP contribution in [0.4, 0.5) is 0 Å². The molecular weight excluding hydrogens is 120 g/mol. The van der Waals surface area contributed by atoms with Crippen molar-refractivity contribution < 1.29 is 9.94 Å². The second-order valence-corrected chi connectivity index (χ2v) is 1.65. The fourth-order valence-corrected chi connectivity index (χ4v) is 0.385. The molecule has 4 heteroatoms. The van der Waals surface area contributed by atoms with Gasteiger partial charge in [-0.05, 0) is 0 Å². The van der Waals surface area contributed by atoms with Crippen molar-refractivity contribution in [3.63, 3.8) is 0 Å². The Morgan fingerprint density at radius 3 is 2.89 bits per heavy atom. The van der Waals surface area contributed by atoms with E-state index in [0.717, 1.165) is 6.26 Å².